The molecular formula is C21H22N4O4. The molecule has 0 atom stereocenters. The minimum atomic E-state index is -0.339. The highest BCUT2D eigenvalue weighted by Gasteiger charge is 2.17. The van der Waals surface area contributed by atoms with E-state index in [0.29, 0.717) is 35.2 Å². The maximum atomic E-state index is 12.6. The summed E-state index contributed by atoms with van der Waals surface area (Å²) in [5, 5.41) is 6.03. The van der Waals surface area contributed by atoms with Gasteiger partial charge in [-0.1, -0.05) is 0 Å². The van der Waals surface area contributed by atoms with E-state index in [1.165, 1.54) is 21.3 Å². The average molecular weight is 394 g/mol. The zero-order valence-corrected chi connectivity index (χ0v) is 16.4. The van der Waals surface area contributed by atoms with Gasteiger partial charge in [-0.25, -0.2) is 4.98 Å². The second kappa shape index (κ2) is 9.41. The summed E-state index contributed by atoms with van der Waals surface area (Å²) in [5.74, 6) is 1.32. The van der Waals surface area contributed by atoms with Crippen LogP contribution in [0.4, 0.5) is 11.5 Å². The Bertz CT molecular complexity index is 937. The van der Waals surface area contributed by atoms with Crippen LogP contribution in [0, 0.1) is 0 Å². The number of amides is 1. The van der Waals surface area contributed by atoms with Crippen LogP contribution in [0.25, 0.3) is 0 Å². The smallest absolute Gasteiger partial charge is 0.257 e. The quantitative estimate of drug-likeness (QED) is 0.605. The van der Waals surface area contributed by atoms with E-state index in [2.05, 4.69) is 20.6 Å². The second-order valence-electron chi connectivity index (χ2n) is 6.01. The molecule has 0 bridgehead atoms. The van der Waals surface area contributed by atoms with Crippen LogP contribution in [0.1, 0.15) is 15.9 Å². The highest BCUT2D eigenvalue weighted by atomic mass is 16.5. The molecule has 29 heavy (non-hydrogen) atoms. The topological polar surface area (TPSA) is 94.6 Å². The highest BCUT2D eigenvalue weighted by molar-refractivity contribution is 6.04. The van der Waals surface area contributed by atoms with Crippen molar-refractivity contribution in [1.29, 1.82) is 0 Å². The van der Waals surface area contributed by atoms with Crippen LogP contribution in [-0.4, -0.2) is 37.2 Å². The Labute approximate surface area is 168 Å². The molecule has 0 spiro atoms. The lowest BCUT2D eigenvalue weighted by Crippen LogP contribution is -2.13. The van der Waals surface area contributed by atoms with Gasteiger partial charge in [-0.3, -0.25) is 9.78 Å². The first-order chi connectivity index (χ1) is 14.1. The molecule has 3 aromatic rings. The van der Waals surface area contributed by atoms with Crippen LogP contribution < -0.4 is 24.8 Å². The van der Waals surface area contributed by atoms with E-state index in [9.17, 15) is 4.79 Å². The summed E-state index contributed by atoms with van der Waals surface area (Å²) in [6, 6.07) is 10.6. The molecule has 0 saturated heterocycles. The number of aromatic nitrogens is 2. The number of rotatable bonds is 8. The van der Waals surface area contributed by atoms with Crippen LogP contribution in [-0.2, 0) is 6.54 Å². The molecule has 0 radical (unpaired) electrons. The molecule has 0 aliphatic carbocycles. The molecule has 0 aliphatic rings. The Hall–Kier alpha value is -3.81. The van der Waals surface area contributed by atoms with Gasteiger partial charge in [0, 0.05) is 24.5 Å². The first-order valence-electron chi connectivity index (χ1n) is 8.84. The fraction of sp³-hybridized carbons (Fsp3) is 0.190. The van der Waals surface area contributed by atoms with Gasteiger partial charge >= 0.3 is 0 Å². The molecule has 2 heterocycles. The second-order valence-corrected chi connectivity index (χ2v) is 6.01. The first kappa shape index (κ1) is 19.9. The van der Waals surface area contributed by atoms with Gasteiger partial charge in [-0.2, -0.15) is 0 Å². The lowest BCUT2D eigenvalue weighted by Gasteiger charge is -2.14. The zero-order valence-electron chi connectivity index (χ0n) is 16.4. The Balaban J connectivity index is 1.67. The predicted octanol–water partition coefficient (Wildman–Crippen LogP) is 3.37. The summed E-state index contributed by atoms with van der Waals surface area (Å²) >= 11 is 0. The molecule has 1 aromatic carbocycles. The average Bonchev–Trinajstić information content (AvgIpc) is 2.78. The van der Waals surface area contributed by atoms with Gasteiger partial charge in [0.05, 0.1) is 33.2 Å². The largest absolute Gasteiger partial charge is 0.493 e. The van der Waals surface area contributed by atoms with E-state index in [1.54, 1.807) is 36.8 Å². The lowest BCUT2D eigenvalue weighted by molar-refractivity contribution is 0.102. The molecule has 1 amide bonds. The molecule has 3 rings (SSSR count). The van der Waals surface area contributed by atoms with Crippen LogP contribution >= 0.6 is 0 Å². The zero-order chi connectivity index (χ0) is 20.6. The number of benzene rings is 1. The molecule has 0 aliphatic heterocycles. The van der Waals surface area contributed by atoms with Crippen molar-refractivity contribution in [2.75, 3.05) is 32.0 Å². The van der Waals surface area contributed by atoms with Gasteiger partial charge in [0.25, 0.3) is 5.91 Å². The van der Waals surface area contributed by atoms with Crippen LogP contribution in [0.15, 0.2) is 55.0 Å². The van der Waals surface area contributed by atoms with Gasteiger partial charge in [0.15, 0.2) is 11.5 Å². The Morgan fingerprint density at radius 1 is 0.966 bits per heavy atom. The fourth-order valence-electron chi connectivity index (χ4n) is 2.68. The van der Waals surface area contributed by atoms with Crippen LogP contribution in [0.2, 0.25) is 0 Å². The summed E-state index contributed by atoms with van der Waals surface area (Å²) in [4.78, 5) is 20.9. The van der Waals surface area contributed by atoms with Gasteiger partial charge in [0.1, 0.15) is 5.82 Å². The summed E-state index contributed by atoms with van der Waals surface area (Å²) in [7, 11) is 4.50. The number of pyridine rings is 2. The summed E-state index contributed by atoms with van der Waals surface area (Å²) in [6.45, 7) is 0.654. The van der Waals surface area contributed by atoms with E-state index in [-0.39, 0.29) is 5.91 Å². The molecule has 8 heteroatoms. The molecule has 0 saturated carbocycles. The SMILES string of the molecule is COc1cc(C(=O)Nc2ccc(NCc3ccncc3)cn2)cc(OC)c1OC. The van der Waals surface area contributed by atoms with Crippen molar-refractivity contribution in [1.82, 2.24) is 9.97 Å². The normalized spacial score (nSPS) is 10.2. The minimum absolute atomic E-state index is 0.339. The molecule has 2 aromatic heterocycles. The van der Waals surface area contributed by atoms with Gasteiger partial charge in [0.2, 0.25) is 5.75 Å². The number of carbonyl (C=O) groups is 1. The summed E-state index contributed by atoms with van der Waals surface area (Å²) < 4.78 is 15.8. The standard InChI is InChI=1S/C21H22N4O4/c1-27-17-10-15(11-18(28-2)20(17)29-3)21(26)25-19-5-4-16(13-24-19)23-12-14-6-8-22-9-7-14/h4-11,13,23H,12H2,1-3H3,(H,24,25,26). The van der Waals surface area contributed by atoms with Crippen molar-refractivity contribution in [3.8, 4) is 17.2 Å². The van der Waals surface area contributed by atoms with E-state index in [4.69, 9.17) is 14.2 Å². The molecule has 2 N–H and O–H groups in total. The molecule has 8 nitrogen and oxygen atoms in total. The van der Waals surface area contributed by atoms with Gasteiger partial charge in [-0.05, 0) is 42.0 Å². The molecular weight excluding hydrogens is 372 g/mol. The first-order valence-corrected chi connectivity index (χ1v) is 8.84. The Morgan fingerprint density at radius 3 is 2.21 bits per heavy atom. The lowest BCUT2D eigenvalue weighted by atomic mass is 10.1. The number of methoxy groups -OCH3 is 3. The monoisotopic (exact) mass is 394 g/mol. The van der Waals surface area contributed by atoms with Gasteiger partial charge < -0.3 is 24.8 Å². The van der Waals surface area contributed by atoms with E-state index in [0.717, 1.165) is 11.3 Å². The number of nitrogens with zero attached hydrogens (tertiary/aromatic N) is 2. The van der Waals surface area contributed by atoms with Crippen molar-refractivity contribution in [3.05, 3.63) is 66.1 Å². The highest BCUT2D eigenvalue weighted by Crippen LogP contribution is 2.38. The van der Waals surface area contributed by atoms with Crippen molar-refractivity contribution < 1.29 is 19.0 Å². The van der Waals surface area contributed by atoms with Gasteiger partial charge in [-0.15, -0.1) is 0 Å². The number of nitrogens with one attached hydrogen (secondary N) is 2. The summed E-state index contributed by atoms with van der Waals surface area (Å²) in [6.07, 6.45) is 5.15. The predicted molar refractivity (Wildman–Crippen MR) is 110 cm³/mol. The third kappa shape index (κ3) is 4.92. The van der Waals surface area contributed by atoms with E-state index in [1.807, 2.05) is 18.2 Å². The van der Waals surface area contributed by atoms with E-state index >= 15 is 0 Å². The van der Waals surface area contributed by atoms with Crippen molar-refractivity contribution in [2.45, 2.75) is 6.54 Å². The third-order valence-corrected chi connectivity index (χ3v) is 4.18. The number of anilines is 2. The molecule has 0 unspecified atom stereocenters. The number of carbonyl (C=O) groups excluding carboxylic acids is 1. The number of ether oxygens (including phenoxy) is 3. The third-order valence-electron chi connectivity index (χ3n) is 4.18. The van der Waals surface area contributed by atoms with Crippen molar-refractivity contribution in [2.24, 2.45) is 0 Å². The number of hydrogen-bond donors (Lipinski definition) is 2. The van der Waals surface area contributed by atoms with E-state index < -0.39 is 0 Å². The van der Waals surface area contributed by atoms with Crippen molar-refractivity contribution in [3.63, 3.8) is 0 Å². The minimum Gasteiger partial charge on any atom is -0.493 e. The Kier molecular flexibility index (Phi) is 6.47. The fourth-order valence-corrected chi connectivity index (χ4v) is 2.68. The maximum absolute atomic E-state index is 12.6. The maximum Gasteiger partial charge on any atom is 0.257 e. The van der Waals surface area contributed by atoms with Crippen LogP contribution in [0.5, 0.6) is 17.2 Å². The number of hydrogen-bond acceptors (Lipinski definition) is 7. The van der Waals surface area contributed by atoms with Crippen LogP contribution in [0.3, 0.4) is 0 Å². The Morgan fingerprint density at radius 2 is 1.66 bits per heavy atom. The molecule has 150 valence electrons. The summed E-state index contributed by atoms with van der Waals surface area (Å²) in [5.41, 5.74) is 2.31. The van der Waals surface area contributed by atoms with Crippen molar-refractivity contribution >= 4 is 17.4 Å². The molecule has 0 fully saturated rings.